The molecule has 0 aliphatic heterocycles. The Hall–Kier alpha value is -2.46. The molecule has 2 N–H and O–H groups in total. The minimum absolute atomic E-state index is 0.0522. The van der Waals surface area contributed by atoms with E-state index >= 15 is 0 Å². The second-order valence-electron chi connectivity index (χ2n) is 5.03. The van der Waals surface area contributed by atoms with Gasteiger partial charge in [0.25, 0.3) is 0 Å². The second-order valence-corrected chi connectivity index (χ2v) is 5.03. The molecule has 3 aromatic rings. The van der Waals surface area contributed by atoms with Gasteiger partial charge in [-0.25, -0.2) is 0 Å². The van der Waals surface area contributed by atoms with E-state index in [9.17, 15) is 0 Å². The van der Waals surface area contributed by atoms with Gasteiger partial charge in [0, 0.05) is 0 Å². The highest BCUT2D eigenvalue weighted by atomic mass is 16.5. The van der Waals surface area contributed by atoms with Gasteiger partial charge in [0.1, 0.15) is 0 Å². The molecule has 0 radical (unpaired) electrons. The van der Waals surface area contributed by atoms with Crippen LogP contribution in [0.5, 0.6) is 0 Å². The third-order valence-corrected chi connectivity index (χ3v) is 3.37. The summed E-state index contributed by atoms with van der Waals surface area (Å²) in [7, 11) is 0. The van der Waals surface area contributed by atoms with Gasteiger partial charge in [-0.3, -0.25) is 0 Å². The summed E-state index contributed by atoms with van der Waals surface area (Å²) in [6.45, 7) is 1.83. The van der Waals surface area contributed by atoms with Crippen LogP contribution in [0.25, 0.3) is 0 Å². The molecule has 0 unspecified atom stereocenters. The summed E-state index contributed by atoms with van der Waals surface area (Å²) in [5, 5.41) is 4.12. The minimum Gasteiger partial charge on any atom is -0.338 e. The largest absolute Gasteiger partial charge is 0.338 e. The van der Waals surface area contributed by atoms with E-state index in [4.69, 9.17) is 10.3 Å². The molecule has 0 spiro atoms. The second kappa shape index (κ2) is 5.89. The average molecular weight is 279 g/mol. The summed E-state index contributed by atoms with van der Waals surface area (Å²) < 4.78 is 5.26. The summed E-state index contributed by atoms with van der Waals surface area (Å²) in [5.41, 5.74) is 8.06. The zero-order valence-electron chi connectivity index (χ0n) is 11.8. The predicted molar refractivity (Wildman–Crippen MR) is 80.7 cm³/mol. The van der Waals surface area contributed by atoms with Crippen molar-refractivity contribution in [1.82, 2.24) is 10.1 Å². The van der Waals surface area contributed by atoms with Gasteiger partial charge in [-0.1, -0.05) is 65.8 Å². The van der Waals surface area contributed by atoms with Crippen LogP contribution in [0.3, 0.4) is 0 Å². The fourth-order valence-corrected chi connectivity index (χ4v) is 2.33. The summed E-state index contributed by atoms with van der Waals surface area (Å²) in [6, 6.07) is 20.0. The van der Waals surface area contributed by atoms with E-state index in [-0.39, 0.29) is 12.0 Å². The Balaban J connectivity index is 2.08. The van der Waals surface area contributed by atoms with Crippen molar-refractivity contribution in [2.75, 3.05) is 0 Å². The lowest BCUT2D eigenvalue weighted by Crippen LogP contribution is -2.08. The van der Waals surface area contributed by atoms with Crippen molar-refractivity contribution in [2.45, 2.75) is 18.9 Å². The van der Waals surface area contributed by atoms with E-state index in [2.05, 4.69) is 34.4 Å². The molecule has 1 heterocycles. The van der Waals surface area contributed by atoms with Crippen molar-refractivity contribution < 1.29 is 4.52 Å². The highest BCUT2D eigenvalue weighted by Crippen LogP contribution is 2.30. The van der Waals surface area contributed by atoms with Gasteiger partial charge in [-0.15, -0.1) is 0 Å². The molecule has 21 heavy (non-hydrogen) atoms. The van der Waals surface area contributed by atoms with E-state index in [0.717, 1.165) is 11.1 Å². The molecule has 0 aliphatic carbocycles. The zero-order valence-corrected chi connectivity index (χ0v) is 11.8. The minimum atomic E-state index is -0.265. The van der Waals surface area contributed by atoms with Crippen molar-refractivity contribution >= 4 is 0 Å². The first-order valence-corrected chi connectivity index (χ1v) is 6.94. The molecule has 0 amide bonds. The highest BCUT2D eigenvalue weighted by Gasteiger charge is 2.23. The molecule has 1 aromatic heterocycles. The number of nitrogens with zero attached hydrogens (tertiary/aromatic N) is 2. The Labute approximate surface area is 123 Å². The Morgan fingerprint density at radius 2 is 1.43 bits per heavy atom. The number of rotatable bonds is 4. The van der Waals surface area contributed by atoms with Crippen molar-refractivity contribution in [3.05, 3.63) is 83.5 Å². The molecule has 0 saturated carbocycles. The molecule has 0 aliphatic rings. The van der Waals surface area contributed by atoms with E-state index in [1.807, 2.05) is 43.3 Å². The van der Waals surface area contributed by atoms with Crippen LogP contribution in [-0.4, -0.2) is 10.1 Å². The zero-order chi connectivity index (χ0) is 14.7. The first kappa shape index (κ1) is 13.5. The summed E-state index contributed by atoms with van der Waals surface area (Å²) in [6.07, 6.45) is 0. The van der Waals surface area contributed by atoms with Crippen LogP contribution >= 0.6 is 0 Å². The SMILES string of the molecule is C[C@@H](N)c1nc(C(c2ccccc2)c2ccccc2)no1. The van der Waals surface area contributed by atoms with Gasteiger partial charge in [0.2, 0.25) is 5.89 Å². The molecule has 4 heteroatoms. The molecule has 0 saturated heterocycles. The molecular weight excluding hydrogens is 262 g/mol. The smallest absolute Gasteiger partial charge is 0.243 e. The number of hydrogen-bond acceptors (Lipinski definition) is 4. The van der Waals surface area contributed by atoms with Crippen LogP contribution in [0.4, 0.5) is 0 Å². The third kappa shape index (κ3) is 2.85. The van der Waals surface area contributed by atoms with Crippen LogP contribution in [-0.2, 0) is 0 Å². The lowest BCUT2D eigenvalue weighted by atomic mass is 9.91. The normalized spacial score (nSPS) is 12.5. The Bertz CT molecular complexity index is 653. The summed E-state index contributed by atoms with van der Waals surface area (Å²) in [4.78, 5) is 4.46. The van der Waals surface area contributed by atoms with Crippen LogP contribution in [0.15, 0.2) is 65.2 Å². The number of benzene rings is 2. The molecular formula is C17H17N3O. The standard InChI is InChI=1S/C17H17N3O/c1-12(18)17-19-16(20-21-17)15(13-8-4-2-5-9-13)14-10-6-3-7-11-14/h2-12,15H,18H2,1H3/t12-/m1/s1. The molecule has 106 valence electrons. The molecule has 0 bridgehead atoms. The maximum atomic E-state index is 5.81. The van der Waals surface area contributed by atoms with Crippen LogP contribution in [0.2, 0.25) is 0 Å². The van der Waals surface area contributed by atoms with E-state index < -0.39 is 0 Å². The number of hydrogen-bond donors (Lipinski definition) is 1. The first-order chi connectivity index (χ1) is 10.3. The van der Waals surface area contributed by atoms with Gasteiger partial charge in [0.05, 0.1) is 12.0 Å². The lowest BCUT2D eigenvalue weighted by Gasteiger charge is -2.14. The Morgan fingerprint density at radius 1 is 0.905 bits per heavy atom. The lowest BCUT2D eigenvalue weighted by molar-refractivity contribution is 0.356. The fourth-order valence-electron chi connectivity index (χ4n) is 2.33. The van der Waals surface area contributed by atoms with Gasteiger partial charge in [-0.2, -0.15) is 4.98 Å². The predicted octanol–water partition coefficient (Wildman–Crippen LogP) is 3.27. The maximum absolute atomic E-state index is 5.81. The maximum Gasteiger partial charge on any atom is 0.243 e. The summed E-state index contributed by atoms with van der Waals surface area (Å²) >= 11 is 0. The van der Waals surface area contributed by atoms with Gasteiger partial charge < -0.3 is 10.3 Å². The Morgan fingerprint density at radius 3 is 1.86 bits per heavy atom. The Kier molecular flexibility index (Phi) is 3.79. The van der Waals surface area contributed by atoms with Crippen LogP contribution < -0.4 is 5.73 Å². The number of aromatic nitrogens is 2. The topological polar surface area (TPSA) is 64.9 Å². The summed E-state index contributed by atoms with van der Waals surface area (Å²) in [5.74, 6) is 1.05. The third-order valence-electron chi connectivity index (χ3n) is 3.37. The monoisotopic (exact) mass is 279 g/mol. The highest BCUT2D eigenvalue weighted by molar-refractivity contribution is 5.37. The van der Waals surface area contributed by atoms with Gasteiger partial charge in [0.15, 0.2) is 5.82 Å². The van der Waals surface area contributed by atoms with Crippen molar-refractivity contribution in [3.63, 3.8) is 0 Å². The van der Waals surface area contributed by atoms with Gasteiger partial charge in [-0.05, 0) is 18.1 Å². The van der Waals surface area contributed by atoms with E-state index in [1.165, 1.54) is 0 Å². The fraction of sp³-hybridized carbons (Fsp3) is 0.176. The molecule has 1 atom stereocenters. The molecule has 0 fully saturated rings. The van der Waals surface area contributed by atoms with Crippen LogP contribution in [0, 0.1) is 0 Å². The number of nitrogens with two attached hydrogens (primary N) is 1. The molecule has 4 nitrogen and oxygen atoms in total. The quantitative estimate of drug-likeness (QED) is 0.796. The van der Waals surface area contributed by atoms with Gasteiger partial charge >= 0.3 is 0 Å². The van der Waals surface area contributed by atoms with Crippen molar-refractivity contribution in [2.24, 2.45) is 5.73 Å². The van der Waals surface area contributed by atoms with Crippen molar-refractivity contribution in [1.29, 1.82) is 0 Å². The molecule has 2 aromatic carbocycles. The van der Waals surface area contributed by atoms with E-state index in [1.54, 1.807) is 0 Å². The average Bonchev–Trinajstić information content (AvgIpc) is 3.00. The van der Waals surface area contributed by atoms with Crippen LogP contribution in [0.1, 0.15) is 41.7 Å². The molecule has 3 rings (SSSR count). The van der Waals surface area contributed by atoms with Crippen molar-refractivity contribution in [3.8, 4) is 0 Å². The first-order valence-electron chi connectivity index (χ1n) is 6.94. The van der Waals surface area contributed by atoms with E-state index in [0.29, 0.717) is 11.7 Å².